The predicted molar refractivity (Wildman–Crippen MR) is 101 cm³/mol. The molecular weight excluding hydrogens is 310 g/mol. The van der Waals surface area contributed by atoms with E-state index < -0.39 is 0 Å². The molecule has 0 bridgehead atoms. The van der Waals surface area contributed by atoms with E-state index in [9.17, 15) is 0 Å². The van der Waals surface area contributed by atoms with Crippen LogP contribution in [0.5, 0.6) is 5.75 Å². The molecular formula is C21H27N3O. The van der Waals surface area contributed by atoms with Crippen molar-refractivity contribution in [3.05, 3.63) is 53.7 Å². The van der Waals surface area contributed by atoms with E-state index in [-0.39, 0.29) is 0 Å². The molecule has 0 radical (unpaired) electrons. The number of nitrogens with zero attached hydrogens (tertiary/aromatic N) is 2. The van der Waals surface area contributed by atoms with Crippen molar-refractivity contribution in [3.63, 3.8) is 0 Å². The predicted octanol–water partition coefficient (Wildman–Crippen LogP) is 3.73. The standard InChI is InChI=1S/C21H27N3O/c1-2-19(16-6-7-20-17(15-16)10-14-25-20)23-18-8-12-24(13-9-18)21-5-3-4-11-22-21/h3-7,11,15,18-19,23H,2,8-10,12-14H2,1H3. The van der Waals surface area contributed by atoms with Crippen LogP contribution in [0.1, 0.15) is 43.4 Å². The minimum Gasteiger partial charge on any atom is -0.493 e. The first-order chi connectivity index (χ1) is 12.3. The number of anilines is 1. The summed E-state index contributed by atoms with van der Waals surface area (Å²) >= 11 is 0. The number of fused-ring (bicyclic) bond motifs is 1. The lowest BCUT2D eigenvalue weighted by Crippen LogP contribution is -2.44. The van der Waals surface area contributed by atoms with Crippen LogP contribution in [0.4, 0.5) is 5.82 Å². The Balaban J connectivity index is 1.37. The zero-order valence-electron chi connectivity index (χ0n) is 14.9. The SMILES string of the molecule is CCC(NC1CCN(c2ccccn2)CC1)c1ccc2c(c1)CCO2. The molecule has 1 fully saturated rings. The van der Waals surface area contributed by atoms with E-state index in [1.54, 1.807) is 0 Å². The highest BCUT2D eigenvalue weighted by molar-refractivity contribution is 5.41. The summed E-state index contributed by atoms with van der Waals surface area (Å²) in [5.41, 5.74) is 2.77. The maximum atomic E-state index is 5.64. The Kier molecular flexibility index (Phi) is 4.88. The minimum atomic E-state index is 0.428. The molecule has 0 amide bonds. The fourth-order valence-electron chi connectivity index (χ4n) is 3.97. The Morgan fingerprint density at radius 2 is 2.12 bits per heavy atom. The van der Waals surface area contributed by atoms with Gasteiger partial charge in [-0.3, -0.25) is 0 Å². The lowest BCUT2D eigenvalue weighted by atomic mass is 9.97. The molecule has 1 atom stereocenters. The van der Waals surface area contributed by atoms with E-state index >= 15 is 0 Å². The Labute approximate surface area is 150 Å². The van der Waals surface area contributed by atoms with Crippen molar-refractivity contribution in [2.24, 2.45) is 0 Å². The van der Waals surface area contributed by atoms with Gasteiger partial charge in [-0.25, -0.2) is 4.98 Å². The summed E-state index contributed by atoms with van der Waals surface area (Å²) in [6.45, 7) is 5.24. The second-order valence-corrected chi connectivity index (χ2v) is 7.04. The highest BCUT2D eigenvalue weighted by Gasteiger charge is 2.23. The van der Waals surface area contributed by atoms with E-state index in [2.05, 4.69) is 52.5 Å². The monoisotopic (exact) mass is 337 g/mol. The zero-order valence-corrected chi connectivity index (χ0v) is 14.9. The molecule has 1 aromatic heterocycles. The van der Waals surface area contributed by atoms with Crippen molar-refractivity contribution in [2.45, 2.75) is 44.7 Å². The number of pyridine rings is 1. The fraction of sp³-hybridized carbons (Fsp3) is 0.476. The van der Waals surface area contributed by atoms with Crippen LogP contribution in [0.15, 0.2) is 42.6 Å². The van der Waals surface area contributed by atoms with Gasteiger partial charge >= 0.3 is 0 Å². The van der Waals surface area contributed by atoms with Gasteiger partial charge < -0.3 is 15.0 Å². The third kappa shape index (κ3) is 3.64. The van der Waals surface area contributed by atoms with Crippen molar-refractivity contribution in [2.75, 3.05) is 24.6 Å². The Bertz CT molecular complexity index is 696. The average molecular weight is 337 g/mol. The Morgan fingerprint density at radius 1 is 1.24 bits per heavy atom. The highest BCUT2D eigenvalue weighted by Crippen LogP contribution is 2.30. The number of nitrogens with one attached hydrogen (secondary N) is 1. The number of hydrogen-bond acceptors (Lipinski definition) is 4. The van der Waals surface area contributed by atoms with Crippen molar-refractivity contribution < 1.29 is 4.74 Å². The average Bonchev–Trinajstić information content (AvgIpc) is 3.15. The summed E-state index contributed by atoms with van der Waals surface area (Å²) in [5.74, 6) is 2.17. The summed E-state index contributed by atoms with van der Waals surface area (Å²) in [4.78, 5) is 6.87. The van der Waals surface area contributed by atoms with E-state index in [1.165, 1.54) is 24.0 Å². The van der Waals surface area contributed by atoms with Gasteiger partial charge in [-0.2, -0.15) is 0 Å². The second-order valence-electron chi connectivity index (χ2n) is 7.04. The number of aromatic nitrogens is 1. The summed E-state index contributed by atoms with van der Waals surface area (Å²) in [6, 6.07) is 13.9. The number of piperidine rings is 1. The maximum absolute atomic E-state index is 5.64. The number of rotatable bonds is 5. The van der Waals surface area contributed by atoms with Gasteiger partial charge in [-0.15, -0.1) is 0 Å². The molecule has 2 aromatic rings. The summed E-state index contributed by atoms with van der Waals surface area (Å²) in [6.07, 6.45) is 6.37. The lowest BCUT2D eigenvalue weighted by Gasteiger charge is -2.35. The second kappa shape index (κ2) is 7.44. The van der Waals surface area contributed by atoms with E-state index in [4.69, 9.17) is 4.74 Å². The van der Waals surface area contributed by atoms with Crippen molar-refractivity contribution in [3.8, 4) is 5.75 Å². The number of benzene rings is 1. The third-order valence-electron chi connectivity index (χ3n) is 5.43. The lowest BCUT2D eigenvalue weighted by molar-refractivity contribution is 0.356. The van der Waals surface area contributed by atoms with Gasteiger partial charge in [0.05, 0.1) is 6.61 Å². The van der Waals surface area contributed by atoms with Gasteiger partial charge in [0, 0.05) is 37.8 Å². The summed E-state index contributed by atoms with van der Waals surface area (Å²) < 4.78 is 5.64. The molecule has 132 valence electrons. The largest absolute Gasteiger partial charge is 0.493 e. The summed E-state index contributed by atoms with van der Waals surface area (Å²) in [7, 11) is 0. The first-order valence-corrected chi connectivity index (χ1v) is 9.51. The molecule has 0 saturated carbocycles. The van der Waals surface area contributed by atoms with Crippen molar-refractivity contribution in [1.29, 1.82) is 0 Å². The molecule has 1 unspecified atom stereocenters. The van der Waals surface area contributed by atoms with Gasteiger partial charge in [-0.1, -0.05) is 25.1 Å². The number of ether oxygens (including phenoxy) is 1. The zero-order chi connectivity index (χ0) is 17.1. The minimum absolute atomic E-state index is 0.428. The van der Waals surface area contributed by atoms with Crippen LogP contribution in [0.25, 0.3) is 0 Å². The molecule has 2 aliphatic rings. The van der Waals surface area contributed by atoms with Gasteiger partial charge in [0.2, 0.25) is 0 Å². The first-order valence-electron chi connectivity index (χ1n) is 9.51. The molecule has 2 aliphatic heterocycles. The smallest absolute Gasteiger partial charge is 0.128 e. The van der Waals surface area contributed by atoms with E-state index in [0.717, 1.165) is 44.1 Å². The van der Waals surface area contributed by atoms with Gasteiger partial charge in [0.1, 0.15) is 11.6 Å². The molecule has 1 aromatic carbocycles. The Morgan fingerprint density at radius 3 is 2.88 bits per heavy atom. The van der Waals surface area contributed by atoms with Crippen molar-refractivity contribution >= 4 is 5.82 Å². The quantitative estimate of drug-likeness (QED) is 0.902. The molecule has 4 heteroatoms. The van der Waals surface area contributed by atoms with Gasteiger partial charge in [0.15, 0.2) is 0 Å². The van der Waals surface area contributed by atoms with Crippen LogP contribution >= 0.6 is 0 Å². The summed E-state index contributed by atoms with van der Waals surface area (Å²) in [5, 5.41) is 3.90. The molecule has 0 spiro atoms. The molecule has 1 saturated heterocycles. The van der Waals surface area contributed by atoms with Crippen LogP contribution in [0.2, 0.25) is 0 Å². The normalized spacial score (nSPS) is 18.7. The molecule has 1 N–H and O–H groups in total. The van der Waals surface area contributed by atoms with Crippen LogP contribution < -0.4 is 15.0 Å². The van der Waals surface area contributed by atoms with Crippen LogP contribution in [0, 0.1) is 0 Å². The van der Waals surface area contributed by atoms with E-state index in [1.807, 2.05) is 12.3 Å². The van der Waals surface area contributed by atoms with Gasteiger partial charge in [0.25, 0.3) is 0 Å². The third-order valence-corrected chi connectivity index (χ3v) is 5.43. The maximum Gasteiger partial charge on any atom is 0.128 e. The highest BCUT2D eigenvalue weighted by atomic mass is 16.5. The number of hydrogen-bond donors (Lipinski definition) is 1. The van der Waals surface area contributed by atoms with Gasteiger partial charge in [-0.05, 0) is 48.6 Å². The molecule has 3 heterocycles. The van der Waals surface area contributed by atoms with Crippen molar-refractivity contribution in [1.82, 2.24) is 10.3 Å². The molecule has 4 nitrogen and oxygen atoms in total. The Hall–Kier alpha value is -2.07. The van der Waals surface area contributed by atoms with E-state index in [0.29, 0.717) is 12.1 Å². The molecule has 25 heavy (non-hydrogen) atoms. The topological polar surface area (TPSA) is 37.4 Å². The van der Waals surface area contributed by atoms with Crippen LogP contribution in [-0.4, -0.2) is 30.7 Å². The first kappa shape index (κ1) is 16.4. The fourth-order valence-corrected chi connectivity index (χ4v) is 3.97. The van der Waals surface area contributed by atoms with Crippen LogP contribution in [-0.2, 0) is 6.42 Å². The molecule has 4 rings (SSSR count). The van der Waals surface area contributed by atoms with Crippen LogP contribution in [0.3, 0.4) is 0 Å². The molecule has 0 aliphatic carbocycles.